The van der Waals surface area contributed by atoms with Gasteiger partial charge in [-0.3, -0.25) is 9.59 Å². The maximum Gasteiger partial charge on any atom is 0.251 e. The van der Waals surface area contributed by atoms with Crippen molar-refractivity contribution in [1.29, 1.82) is 0 Å². The molecule has 0 aromatic heterocycles. The smallest absolute Gasteiger partial charge is 0.251 e. The van der Waals surface area contributed by atoms with Crippen molar-refractivity contribution >= 4 is 11.8 Å². The van der Waals surface area contributed by atoms with Crippen LogP contribution in [0.2, 0.25) is 0 Å². The lowest BCUT2D eigenvalue weighted by atomic mass is 10.1. The number of nitrogens with one attached hydrogen (secondary N) is 2. The van der Waals surface area contributed by atoms with E-state index in [9.17, 15) is 9.59 Å². The van der Waals surface area contributed by atoms with Crippen molar-refractivity contribution < 1.29 is 9.59 Å². The van der Waals surface area contributed by atoms with E-state index in [1.165, 1.54) is 0 Å². The van der Waals surface area contributed by atoms with Gasteiger partial charge in [-0.1, -0.05) is 37.3 Å². The van der Waals surface area contributed by atoms with Crippen LogP contribution in [-0.4, -0.2) is 18.4 Å². The van der Waals surface area contributed by atoms with E-state index >= 15 is 0 Å². The Hall–Kier alpha value is -2.62. The van der Waals surface area contributed by atoms with Gasteiger partial charge in [0.25, 0.3) is 11.8 Å². The van der Waals surface area contributed by atoms with Crippen LogP contribution in [0.25, 0.3) is 0 Å². The summed E-state index contributed by atoms with van der Waals surface area (Å²) >= 11 is 0. The van der Waals surface area contributed by atoms with Gasteiger partial charge in [-0.25, -0.2) is 0 Å². The van der Waals surface area contributed by atoms with Crippen molar-refractivity contribution in [2.45, 2.75) is 26.3 Å². The van der Waals surface area contributed by atoms with E-state index in [2.05, 4.69) is 10.6 Å². The molecule has 0 spiro atoms. The van der Waals surface area contributed by atoms with Crippen molar-refractivity contribution in [3.05, 3.63) is 71.3 Å². The molecule has 1 atom stereocenters. The third-order valence-corrected chi connectivity index (χ3v) is 3.59. The number of carbonyl (C=O) groups excluding carboxylic acids is 2. The quantitative estimate of drug-likeness (QED) is 0.860. The maximum atomic E-state index is 12.3. The average molecular weight is 310 g/mol. The van der Waals surface area contributed by atoms with Crippen molar-refractivity contribution in [3.63, 3.8) is 0 Å². The molecule has 2 aromatic rings. The number of hydrogen-bond acceptors (Lipinski definition) is 2. The van der Waals surface area contributed by atoms with Crippen LogP contribution in [0.1, 0.15) is 52.6 Å². The van der Waals surface area contributed by atoms with Crippen LogP contribution in [-0.2, 0) is 0 Å². The van der Waals surface area contributed by atoms with Gasteiger partial charge in [-0.05, 0) is 43.2 Å². The number of amides is 2. The number of carbonyl (C=O) groups is 2. The van der Waals surface area contributed by atoms with E-state index in [0.29, 0.717) is 17.7 Å². The molecule has 2 rings (SSSR count). The average Bonchev–Trinajstić information content (AvgIpc) is 2.60. The zero-order chi connectivity index (χ0) is 16.7. The highest BCUT2D eigenvalue weighted by Crippen LogP contribution is 2.13. The fraction of sp³-hybridized carbons (Fsp3) is 0.263. The van der Waals surface area contributed by atoms with Crippen LogP contribution in [0.4, 0.5) is 0 Å². The lowest BCUT2D eigenvalue weighted by Crippen LogP contribution is -2.27. The first kappa shape index (κ1) is 16.7. The summed E-state index contributed by atoms with van der Waals surface area (Å²) in [5.74, 6) is -0.265. The summed E-state index contributed by atoms with van der Waals surface area (Å²) in [7, 11) is 0. The first-order chi connectivity index (χ1) is 11.1. The van der Waals surface area contributed by atoms with Crippen molar-refractivity contribution in [1.82, 2.24) is 10.6 Å². The van der Waals surface area contributed by atoms with Crippen LogP contribution in [0.3, 0.4) is 0 Å². The second kappa shape index (κ2) is 8.13. The molecular weight excluding hydrogens is 288 g/mol. The van der Waals surface area contributed by atoms with E-state index in [1.54, 1.807) is 24.3 Å². The normalized spacial score (nSPS) is 11.6. The first-order valence-electron chi connectivity index (χ1n) is 7.86. The minimum absolute atomic E-state index is 0.0729. The molecule has 0 heterocycles. The Morgan fingerprint density at radius 3 is 2.04 bits per heavy atom. The van der Waals surface area contributed by atoms with Gasteiger partial charge in [0.2, 0.25) is 0 Å². The van der Waals surface area contributed by atoms with E-state index in [1.807, 2.05) is 44.2 Å². The highest BCUT2D eigenvalue weighted by Gasteiger charge is 2.12. The van der Waals surface area contributed by atoms with E-state index in [-0.39, 0.29) is 17.9 Å². The predicted octanol–water partition coefficient (Wildman–Crippen LogP) is 3.32. The third-order valence-electron chi connectivity index (χ3n) is 3.59. The SMILES string of the molecule is CCCNC(=O)c1ccc(C(=O)NC(C)c2ccccc2)cc1. The Balaban J connectivity index is 1.99. The van der Waals surface area contributed by atoms with Crippen LogP contribution < -0.4 is 10.6 Å². The molecule has 2 aromatic carbocycles. The summed E-state index contributed by atoms with van der Waals surface area (Å²) in [6.07, 6.45) is 0.892. The summed E-state index contributed by atoms with van der Waals surface area (Å²) < 4.78 is 0. The monoisotopic (exact) mass is 310 g/mol. The number of benzene rings is 2. The van der Waals surface area contributed by atoms with Gasteiger partial charge in [0.05, 0.1) is 6.04 Å². The summed E-state index contributed by atoms with van der Waals surface area (Å²) in [5.41, 5.74) is 2.15. The molecule has 0 saturated heterocycles. The van der Waals surface area contributed by atoms with E-state index in [4.69, 9.17) is 0 Å². The van der Waals surface area contributed by atoms with Gasteiger partial charge < -0.3 is 10.6 Å². The molecule has 120 valence electrons. The van der Waals surface area contributed by atoms with Crippen LogP contribution >= 0.6 is 0 Å². The predicted molar refractivity (Wildman–Crippen MR) is 91.4 cm³/mol. The molecule has 0 aliphatic rings. The number of hydrogen-bond donors (Lipinski definition) is 2. The molecule has 1 unspecified atom stereocenters. The first-order valence-corrected chi connectivity index (χ1v) is 7.86. The molecule has 0 aliphatic heterocycles. The molecule has 2 amide bonds. The van der Waals surface area contributed by atoms with Crippen LogP contribution in [0, 0.1) is 0 Å². The minimum atomic E-state index is -0.151. The molecular formula is C19H22N2O2. The van der Waals surface area contributed by atoms with Crippen molar-refractivity contribution in [2.24, 2.45) is 0 Å². The molecule has 2 N–H and O–H groups in total. The van der Waals surface area contributed by atoms with Gasteiger partial charge in [0, 0.05) is 17.7 Å². The zero-order valence-electron chi connectivity index (χ0n) is 13.5. The molecule has 0 aliphatic carbocycles. The zero-order valence-corrected chi connectivity index (χ0v) is 13.5. The van der Waals surface area contributed by atoms with Gasteiger partial charge in [0.15, 0.2) is 0 Å². The Bertz CT molecular complexity index is 651. The van der Waals surface area contributed by atoms with Crippen LogP contribution in [0.5, 0.6) is 0 Å². The molecule has 0 bridgehead atoms. The highest BCUT2D eigenvalue weighted by molar-refractivity contribution is 5.97. The van der Waals surface area contributed by atoms with E-state index < -0.39 is 0 Å². The standard InChI is InChI=1S/C19H22N2O2/c1-3-13-20-18(22)16-9-11-17(12-10-16)19(23)21-14(2)15-7-5-4-6-8-15/h4-12,14H,3,13H2,1-2H3,(H,20,22)(H,21,23). The Kier molecular flexibility index (Phi) is 5.92. The van der Waals surface area contributed by atoms with Gasteiger partial charge in [-0.2, -0.15) is 0 Å². The lowest BCUT2D eigenvalue weighted by molar-refractivity contribution is 0.0933. The Morgan fingerprint density at radius 1 is 0.913 bits per heavy atom. The van der Waals surface area contributed by atoms with Crippen molar-refractivity contribution in [2.75, 3.05) is 6.54 Å². The molecule has 23 heavy (non-hydrogen) atoms. The maximum absolute atomic E-state index is 12.3. The lowest BCUT2D eigenvalue weighted by Gasteiger charge is -2.14. The number of rotatable bonds is 6. The minimum Gasteiger partial charge on any atom is -0.352 e. The fourth-order valence-corrected chi connectivity index (χ4v) is 2.22. The largest absolute Gasteiger partial charge is 0.352 e. The van der Waals surface area contributed by atoms with E-state index in [0.717, 1.165) is 12.0 Å². The Morgan fingerprint density at radius 2 is 1.48 bits per heavy atom. The summed E-state index contributed by atoms with van der Waals surface area (Å²) in [6, 6.07) is 16.4. The van der Waals surface area contributed by atoms with Gasteiger partial charge >= 0.3 is 0 Å². The second-order valence-electron chi connectivity index (χ2n) is 5.44. The summed E-state index contributed by atoms with van der Waals surface area (Å²) in [5, 5.41) is 5.77. The highest BCUT2D eigenvalue weighted by atomic mass is 16.2. The third kappa shape index (κ3) is 4.68. The summed E-state index contributed by atoms with van der Waals surface area (Å²) in [6.45, 7) is 4.59. The summed E-state index contributed by atoms with van der Waals surface area (Å²) in [4.78, 5) is 24.1. The molecule has 0 radical (unpaired) electrons. The van der Waals surface area contributed by atoms with Gasteiger partial charge in [0.1, 0.15) is 0 Å². The molecule has 0 fully saturated rings. The Labute approximate surface area is 136 Å². The molecule has 4 heteroatoms. The second-order valence-corrected chi connectivity index (χ2v) is 5.44. The van der Waals surface area contributed by atoms with Gasteiger partial charge in [-0.15, -0.1) is 0 Å². The fourth-order valence-electron chi connectivity index (χ4n) is 2.22. The van der Waals surface area contributed by atoms with Crippen molar-refractivity contribution in [3.8, 4) is 0 Å². The molecule has 4 nitrogen and oxygen atoms in total. The topological polar surface area (TPSA) is 58.2 Å². The molecule has 0 saturated carbocycles. The van der Waals surface area contributed by atoms with Crippen LogP contribution in [0.15, 0.2) is 54.6 Å².